The monoisotopic (exact) mass is 305 g/mol. The van der Waals surface area contributed by atoms with Crippen molar-refractivity contribution in [2.24, 2.45) is 0 Å². The van der Waals surface area contributed by atoms with Gasteiger partial charge in [-0.15, -0.1) is 0 Å². The Labute approximate surface area is 128 Å². The summed E-state index contributed by atoms with van der Waals surface area (Å²) >= 11 is 3.38. The molecule has 1 aromatic heterocycles. The third-order valence-electron chi connectivity index (χ3n) is 3.89. The second-order valence-corrected chi connectivity index (χ2v) is 7.53. The molecule has 106 valence electrons. The lowest BCUT2D eigenvalue weighted by atomic mass is 9.81. The first-order valence-electron chi connectivity index (χ1n) is 6.92. The Morgan fingerprint density at radius 2 is 2.05 bits per heavy atom. The van der Waals surface area contributed by atoms with Crippen molar-refractivity contribution < 1.29 is 0 Å². The van der Waals surface area contributed by atoms with E-state index < -0.39 is 0 Å². The first kappa shape index (κ1) is 14.0. The van der Waals surface area contributed by atoms with Gasteiger partial charge in [-0.05, 0) is 49.0 Å². The van der Waals surface area contributed by atoms with Crippen molar-refractivity contribution in [1.82, 2.24) is 14.7 Å². The largest absolute Gasteiger partial charge is 0.312 e. The third-order valence-corrected chi connectivity index (χ3v) is 6.07. The molecule has 0 saturated carbocycles. The lowest BCUT2D eigenvalue weighted by molar-refractivity contribution is 0.473. The first-order chi connectivity index (χ1) is 9.69. The summed E-state index contributed by atoms with van der Waals surface area (Å²) in [7, 11) is 2.05. The van der Waals surface area contributed by atoms with Crippen LogP contribution in [0.5, 0.6) is 0 Å². The Hall–Kier alpha value is -0.910. The standard InChI is InChI=1S/C15H19N3S2/c1-9-8-13(19-15-17-10(2)18-20-15)14(16-3)12-7-5-4-6-11(9)12/h4-7,9,13-14,16H,8H2,1-3H3. The van der Waals surface area contributed by atoms with E-state index in [1.165, 1.54) is 29.1 Å². The Kier molecular flexibility index (Phi) is 4.10. The predicted molar refractivity (Wildman–Crippen MR) is 85.6 cm³/mol. The zero-order valence-corrected chi connectivity index (χ0v) is 13.6. The summed E-state index contributed by atoms with van der Waals surface area (Å²) in [6, 6.07) is 9.18. The lowest BCUT2D eigenvalue weighted by Crippen LogP contribution is -2.33. The Bertz CT molecular complexity index is 596. The quantitative estimate of drug-likeness (QED) is 0.936. The number of aryl methyl sites for hydroxylation is 1. The molecule has 0 amide bonds. The highest BCUT2D eigenvalue weighted by Crippen LogP contribution is 2.44. The molecule has 3 unspecified atom stereocenters. The van der Waals surface area contributed by atoms with E-state index in [-0.39, 0.29) is 0 Å². The summed E-state index contributed by atoms with van der Waals surface area (Å²) < 4.78 is 5.37. The minimum atomic E-state index is 0.386. The SMILES string of the molecule is CNC1c2ccccc2C(C)CC1Sc1nc(C)ns1. The maximum atomic E-state index is 4.50. The smallest absolute Gasteiger partial charge is 0.170 e. The second-order valence-electron chi connectivity index (χ2n) is 5.30. The number of rotatable bonds is 3. The highest BCUT2D eigenvalue weighted by molar-refractivity contribution is 8.01. The molecule has 3 atom stereocenters. The van der Waals surface area contributed by atoms with Crippen LogP contribution in [-0.2, 0) is 0 Å². The average molecular weight is 305 g/mol. The second kappa shape index (κ2) is 5.84. The van der Waals surface area contributed by atoms with Gasteiger partial charge < -0.3 is 5.32 Å². The Morgan fingerprint density at radius 1 is 1.30 bits per heavy atom. The van der Waals surface area contributed by atoms with Gasteiger partial charge in [0.15, 0.2) is 4.34 Å². The fourth-order valence-corrected chi connectivity index (χ4v) is 5.29. The molecule has 0 saturated heterocycles. The molecule has 2 aromatic rings. The number of hydrogen-bond acceptors (Lipinski definition) is 5. The summed E-state index contributed by atoms with van der Waals surface area (Å²) in [6.07, 6.45) is 1.17. The van der Waals surface area contributed by atoms with Crippen LogP contribution in [0.3, 0.4) is 0 Å². The number of nitrogens with zero attached hydrogens (tertiary/aromatic N) is 2. The van der Waals surface area contributed by atoms with Gasteiger partial charge in [-0.2, -0.15) is 4.37 Å². The fraction of sp³-hybridized carbons (Fsp3) is 0.467. The lowest BCUT2D eigenvalue weighted by Gasteiger charge is -2.36. The van der Waals surface area contributed by atoms with E-state index in [1.807, 2.05) is 18.7 Å². The van der Waals surface area contributed by atoms with E-state index in [2.05, 4.69) is 52.9 Å². The van der Waals surface area contributed by atoms with E-state index in [0.29, 0.717) is 17.2 Å². The van der Waals surface area contributed by atoms with Gasteiger partial charge in [0.05, 0.1) is 0 Å². The minimum absolute atomic E-state index is 0.386. The number of fused-ring (bicyclic) bond motifs is 1. The number of thioether (sulfide) groups is 1. The molecule has 0 radical (unpaired) electrons. The molecule has 3 rings (SSSR count). The number of nitrogens with one attached hydrogen (secondary N) is 1. The third kappa shape index (κ3) is 2.62. The zero-order chi connectivity index (χ0) is 14.1. The van der Waals surface area contributed by atoms with Gasteiger partial charge in [-0.25, -0.2) is 4.98 Å². The van der Waals surface area contributed by atoms with Gasteiger partial charge in [0.2, 0.25) is 0 Å². The summed E-state index contributed by atoms with van der Waals surface area (Å²) in [6.45, 7) is 4.28. The number of hydrogen-bond donors (Lipinski definition) is 1. The molecular formula is C15H19N3S2. The van der Waals surface area contributed by atoms with Crippen molar-refractivity contribution in [3.8, 4) is 0 Å². The van der Waals surface area contributed by atoms with Crippen molar-refractivity contribution in [1.29, 1.82) is 0 Å². The van der Waals surface area contributed by atoms with Crippen LogP contribution in [-0.4, -0.2) is 21.7 Å². The summed E-state index contributed by atoms with van der Waals surface area (Å²) in [5.41, 5.74) is 2.92. The van der Waals surface area contributed by atoms with Crippen LogP contribution in [0.15, 0.2) is 28.6 Å². The average Bonchev–Trinajstić information content (AvgIpc) is 2.85. The molecule has 3 nitrogen and oxygen atoms in total. The van der Waals surface area contributed by atoms with Crippen molar-refractivity contribution in [3.63, 3.8) is 0 Å². The molecule has 20 heavy (non-hydrogen) atoms. The Morgan fingerprint density at radius 3 is 2.70 bits per heavy atom. The van der Waals surface area contributed by atoms with Crippen molar-refractivity contribution in [3.05, 3.63) is 41.2 Å². The topological polar surface area (TPSA) is 37.8 Å². The molecule has 5 heteroatoms. The van der Waals surface area contributed by atoms with Crippen LogP contribution in [0.1, 0.15) is 42.3 Å². The zero-order valence-electron chi connectivity index (χ0n) is 12.0. The van der Waals surface area contributed by atoms with Gasteiger partial charge in [0, 0.05) is 11.3 Å². The minimum Gasteiger partial charge on any atom is -0.312 e. The molecule has 1 aliphatic carbocycles. The molecule has 0 spiro atoms. The predicted octanol–water partition coefficient (Wildman–Crippen LogP) is 3.78. The van der Waals surface area contributed by atoms with Crippen LogP contribution >= 0.6 is 23.3 Å². The normalized spacial score (nSPS) is 25.4. The van der Waals surface area contributed by atoms with Crippen LogP contribution in [0.25, 0.3) is 0 Å². The highest BCUT2D eigenvalue weighted by Gasteiger charge is 2.33. The molecule has 1 heterocycles. The van der Waals surface area contributed by atoms with Gasteiger partial charge in [-0.1, -0.05) is 43.0 Å². The molecule has 0 aliphatic heterocycles. The summed E-state index contributed by atoms with van der Waals surface area (Å²) in [5, 5.41) is 4.00. The molecule has 1 N–H and O–H groups in total. The maximum Gasteiger partial charge on any atom is 0.170 e. The molecule has 0 fully saturated rings. The number of benzene rings is 1. The van der Waals surface area contributed by atoms with Gasteiger partial charge in [0.25, 0.3) is 0 Å². The van der Waals surface area contributed by atoms with Gasteiger partial charge in [0.1, 0.15) is 5.82 Å². The van der Waals surface area contributed by atoms with Gasteiger partial charge >= 0.3 is 0 Å². The van der Waals surface area contributed by atoms with E-state index in [9.17, 15) is 0 Å². The van der Waals surface area contributed by atoms with E-state index in [1.54, 1.807) is 0 Å². The van der Waals surface area contributed by atoms with Crippen LogP contribution in [0.4, 0.5) is 0 Å². The van der Waals surface area contributed by atoms with Crippen LogP contribution in [0.2, 0.25) is 0 Å². The van der Waals surface area contributed by atoms with Crippen molar-refractivity contribution in [2.75, 3.05) is 7.05 Å². The molecule has 1 aliphatic rings. The molecule has 0 bridgehead atoms. The number of aromatic nitrogens is 2. The van der Waals surface area contributed by atoms with Crippen molar-refractivity contribution >= 4 is 23.3 Å². The van der Waals surface area contributed by atoms with Crippen molar-refractivity contribution in [2.45, 2.75) is 41.8 Å². The van der Waals surface area contributed by atoms with Gasteiger partial charge in [-0.3, -0.25) is 0 Å². The summed E-state index contributed by atoms with van der Waals surface area (Å²) in [4.78, 5) is 4.50. The maximum absolute atomic E-state index is 4.50. The van der Waals surface area contributed by atoms with Crippen LogP contribution < -0.4 is 5.32 Å². The first-order valence-corrected chi connectivity index (χ1v) is 8.57. The van der Waals surface area contributed by atoms with E-state index in [4.69, 9.17) is 0 Å². The summed E-state index contributed by atoms with van der Waals surface area (Å²) in [5.74, 6) is 1.48. The fourth-order valence-electron chi connectivity index (χ4n) is 2.97. The molecular weight excluding hydrogens is 286 g/mol. The van der Waals surface area contributed by atoms with E-state index in [0.717, 1.165) is 10.2 Å². The van der Waals surface area contributed by atoms with Crippen LogP contribution in [0, 0.1) is 6.92 Å². The van der Waals surface area contributed by atoms with E-state index >= 15 is 0 Å². The molecule has 1 aromatic carbocycles. The Balaban J connectivity index is 1.89. The highest BCUT2D eigenvalue weighted by atomic mass is 32.2.